The van der Waals surface area contributed by atoms with Crippen molar-refractivity contribution in [3.05, 3.63) is 29.8 Å². The van der Waals surface area contributed by atoms with Gasteiger partial charge >= 0.3 is 0 Å². The van der Waals surface area contributed by atoms with Crippen LogP contribution in [0.5, 0.6) is 0 Å². The average molecular weight is 526 g/mol. The van der Waals surface area contributed by atoms with Crippen LogP contribution in [0.25, 0.3) is 0 Å². The van der Waals surface area contributed by atoms with Crippen LogP contribution in [0.15, 0.2) is 24.3 Å². The molecule has 1 aromatic rings. The third-order valence-corrected chi connectivity index (χ3v) is 8.10. The van der Waals surface area contributed by atoms with Gasteiger partial charge in [0.2, 0.25) is 11.8 Å². The summed E-state index contributed by atoms with van der Waals surface area (Å²) < 4.78 is 0. The number of carbonyl (C=O) groups is 4. The molecule has 3 saturated heterocycles. The van der Waals surface area contributed by atoms with Gasteiger partial charge in [0.15, 0.2) is 5.78 Å². The first kappa shape index (κ1) is 28.1. The second kappa shape index (κ2) is 11.0. The van der Waals surface area contributed by atoms with Gasteiger partial charge in [0.1, 0.15) is 12.1 Å². The molecule has 208 valence electrons. The number of fused-ring (bicyclic) bond motifs is 1. The minimum absolute atomic E-state index is 0.0354. The molecule has 3 aliphatic heterocycles. The highest BCUT2D eigenvalue weighted by atomic mass is 16.2. The van der Waals surface area contributed by atoms with Crippen LogP contribution >= 0.6 is 0 Å². The van der Waals surface area contributed by atoms with Gasteiger partial charge in [-0.3, -0.25) is 19.2 Å². The maximum atomic E-state index is 13.8. The Balaban J connectivity index is 1.46. The number of nitrogens with two attached hydrogens (primary N) is 1. The standard InChI is InChI=1S/C29H43N5O4/c1-18(2)16-21(31-26(36)19-8-10-20(11-9-19)32-13-6-7-14-32)27(37)33-15-12-22-24(33)23(35)17-34(22)28(38)25(30)29(3,4)5/h8-11,18,21-22,24-25H,6-7,12-17,30H2,1-5H3,(H,31,36). The van der Waals surface area contributed by atoms with Crippen LogP contribution in [0.3, 0.4) is 0 Å². The fourth-order valence-electron chi connectivity index (χ4n) is 5.84. The molecule has 3 fully saturated rings. The third-order valence-electron chi connectivity index (χ3n) is 8.10. The number of likely N-dealkylation sites (tertiary alicyclic amines) is 2. The molecule has 0 spiro atoms. The van der Waals surface area contributed by atoms with E-state index in [0.717, 1.165) is 18.8 Å². The highest BCUT2D eigenvalue weighted by Crippen LogP contribution is 2.32. The van der Waals surface area contributed by atoms with Crippen molar-refractivity contribution in [3.63, 3.8) is 0 Å². The number of anilines is 1. The number of rotatable bonds is 7. The number of amides is 3. The Kier molecular flexibility index (Phi) is 8.16. The van der Waals surface area contributed by atoms with Crippen molar-refractivity contribution in [3.8, 4) is 0 Å². The normalized spacial score (nSPS) is 23.1. The summed E-state index contributed by atoms with van der Waals surface area (Å²) in [6.45, 7) is 12.1. The van der Waals surface area contributed by atoms with E-state index in [1.807, 2.05) is 46.8 Å². The molecule has 0 saturated carbocycles. The van der Waals surface area contributed by atoms with Crippen LogP contribution in [0.2, 0.25) is 0 Å². The molecule has 0 aromatic heterocycles. The van der Waals surface area contributed by atoms with E-state index < -0.39 is 23.5 Å². The minimum Gasteiger partial charge on any atom is -0.372 e. The Morgan fingerprint density at radius 1 is 1.00 bits per heavy atom. The molecule has 4 unspecified atom stereocenters. The monoisotopic (exact) mass is 525 g/mol. The number of Topliss-reactive ketones (excluding diaryl/α,β-unsaturated/α-hetero) is 1. The lowest BCUT2D eigenvalue weighted by Gasteiger charge is -2.32. The number of nitrogens with zero attached hydrogens (tertiary/aromatic N) is 3. The second-order valence-corrected chi connectivity index (χ2v) is 12.5. The van der Waals surface area contributed by atoms with E-state index in [0.29, 0.717) is 24.9 Å². The summed E-state index contributed by atoms with van der Waals surface area (Å²) in [6.07, 6.45) is 3.33. The molecule has 9 nitrogen and oxygen atoms in total. The molecular weight excluding hydrogens is 482 g/mol. The van der Waals surface area contributed by atoms with Gasteiger partial charge in [-0.1, -0.05) is 34.6 Å². The zero-order chi connectivity index (χ0) is 27.8. The number of hydrogen-bond donors (Lipinski definition) is 2. The van der Waals surface area contributed by atoms with Crippen LogP contribution in [0, 0.1) is 11.3 Å². The molecule has 0 aliphatic carbocycles. The van der Waals surface area contributed by atoms with Gasteiger partial charge in [-0.25, -0.2) is 0 Å². The van der Waals surface area contributed by atoms with E-state index in [2.05, 4.69) is 10.2 Å². The number of hydrogen-bond acceptors (Lipinski definition) is 6. The fraction of sp³-hybridized carbons (Fsp3) is 0.655. The molecule has 38 heavy (non-hydrogen) atoms. The molecule has 3 N–H and O–H groups in total. The summed E-state index contributed by atoms with van der Waals surface area (Å²) in [5, 5.41) is 2.94. The number of carbonyl (C=O) groups excluding carboxylic acids is 4. The van der Waals surface area contributed by atoms with Gasteiger partial charge in [-0.05, 0) is 61.3 Å². The lowest BCUT2D eigenvalue weighted by Crippen LogP contribution is -2.54. The number of ketones is 1. The summed E-state index contributed by atoms with van der Waals surface area (Å²) in [5.74, 6) is -0.823. The third kappa shape index (κ3) is 5.72. The van der Waals surface area contributed by atoms with Gasteiger partial charge in [0.05, 0.1) is 18.6 Å². The van der Waals surface area contributed by atoms with Crippen LogP contribution in [-0.4, -0.2) is 83.7 Å². The van der Waals surface area contributed by atoms with Crippen molar-refractivity contribution in [2.45, 2.75) is 84.5 Å². The van der Waals surface area contributed by atoms with Gasteiger partial charge in [0.25, 0.3) is 5.91 Å². The van der Waals surface area contributed by atoms with E-state index in [9.17, 15) is 19.2 Å². The topological polar surface area (TPSA) is 116 Å². The first-order valence-electron chi connectivity index (χ1n) is 13.9. The van der Waals surface area contributed by atoms with Crippen LogP contribution < -0.4 is 16.0 Å². The predicted octanol–water partition coefficient (Wildman–Crippen LogP) is 2.19. The molecule has 4 rings (SSSR count). The van der Waals surface area contributed by atoms with Crippen molar-refractivity contribution >= 4 is 29.2 Å². The Morgan fingerprint density at radius 2 is 1.63 bits per heavy atom. The maximum Gasteiger partial charge on any atom is 0.251 e. The van der Waals surface area contributed by atoms with Crippen molar-refractivity contribution in [2.75, 3.05) is 31.1 Å². The first-order valence-corrected chi connectivity index (χ1v) is 13.9. The number of benzene rings is 1. The van der Waals surface area contributed by atoms with Gasteiger partial charge in [-0.2, -0.15) is 0 Å². The zero-order valence-corrected chi connectivity index (χ0v) is 23.4. The first-order chi connectivity index (χ1) is 17.9. The van der Waals surface area contributed by atoms with Crippen molar-refractivity contribution in [2.24, 2.45) is 17.1 Å². The summed E-state index contributed by atoms with van der Waals surface area (Å²) in [5.41, 5.74) is 7.38. The summed E-state index contributed by atoms with van der Waals surface area (Å²) in [4.78, 5) is 58.6. The van der Waals surface area contributed by atoms with Crippen LogP contribution in [0.4, 0.5) is 5.69 Å². The number of nitrogens with one attached hydrogen (secondary N) is 1. The minimum atomic E-state index is -0.756. The predicted molar refractivity (Wildman–Crippen MR) is 147 cm³/mol. The van der Waals surface area contributed by atoms with E-state index in [4.69, 9.17) is 5.73 Å². The van der Waals surface area contributed by atoms with Gasteiger partial charge < -0.3 is 25.8 Å². The molecule has 9 heteroatoms. The summed E-state index contributed by atoms with van der Waals surface area (Å²) in [6, 6.07) is 4.96. The van der Waals surface area contributed by atoms with Crippen molar-refractivity contribution in [1.29, 1.82) is 0 Å². The molecule has 3 heterocycles. The smallest absolute Gasteiger partial charge is 0.251 e. The zero-order valence-electron chi connectivity index (χ0n) is 23.4. The maximum absolute atomic E-state index is 13.8. The lowest BCUT2D eigenvalue weighted by molar-refractivity contribution is -0.138. The molecule has 3 amide bonds. The Bertz CT molecular complexity index is 1060. The van der Waals surface area contributed by atoms with E-state index in [-0.39, 0.29) is 42.0 Å². The lowest BCUT2D eigenvalue weighted by atomic mass is 9.86. The highest BCUT2D eigenvalue weighted by molar-refractivity contribution is 6.01. The Labute approximate surface area is 226 Å². The van der Waals surface area contributed by atoms with E-state index in [1.165, 1.54) is 12.8 Å². The quantitative estimate of drug-likeness (QED) is 0.564. The highest BCUT2D eigenvalue weighted by Gasteiger charge is 2.53. The molecule has 3 aliphatic rings. The van der Waals surface area contributed by atoms with E-state index in [1.54, 1.807) is 21.9 Å². The van der Waals surface area contributed by atoms with E-state index >= 15 is 0 Å². The molecule has 0 radical (unpaired) electrons. The largest absolute Gasteiger partial charge is 0.372 e. The van der Waals surface area contributed by atoms with Gasteiger partial charge in [0, 0.05) is 30.9 Å². The van der Waals surface area contributed by atoms with Gasteiger partial charge in [-0.15, -0.1) is 0 Å². The fourth-order valence-corrected chi connectivity index (χ4v) is 5.84. The second-order valence-electron chi connectivity index (χ2n) is 12.5. The molecule has 4 atom stereocenters. The SMILES string of the molecule is CC(C)CC(NC(=O)c1ccc(N2CCCC2)cc1)C(=O)N1CCC2C1C(=O)CN2C(=O)C(N)C(C)(C)C. The average Bonchev–Trinajstić information content (AvgIpc) is 3.60. The van der Waals surface area contributed by atoms with Crippen LogP contribution in [0.1, 0.15) is 70.7 Å². The van der Waals surface area contributed by atoms with Crippen molar-refractivity contribution < 1.29 is 19.2 Å². The molecule has 0 bridgehead atoms. The summed E-state index contributed by atoms with van der Waals surface area (Å²) in [7, 11) is 0. The summed E-state index contributed by atoms with van der Waals surface area (Å²) >= 11 is 0. The molecule has 1 aromatic carbocycles. The van der Waals surface area contributed by atoms with Crippen LogP contribution in [-0.2, 0) is 14.4 Å². The molecular formula is C29H43N5O4. The Morgan fingerprint density at radius 3 is 2.21 bits per heavy atom. The van der Waals surface area contributed by atoms with Crippen molar-refractivity contribution in [1.82, 2.24) is 15.1 Å². The Hall–Kier alpha value is -2.94.